The number of imide groups is 2. The summed E-state index contributed by atoms with van der Waals surface area (Å²) < 4.78 is 0. The average Bonchev–Trinajstić information content (AvgIpc) is 2.43. The second kappa shape index (κ2) is 3.55. The Labute approximate surface area is 91.3 Å². The van der Waals surface area contributed by atoms with Gasteiger partial charge >= 0.3 is 0 Å². The SMILES string of the molecule is CC1=CC(=O)N(C2CCC(=O)NC2=O)C1=O. The third-order valence-electron chi connectivity index (χ3n) is 2.66. The van der Waals surface area contributed by atoms with Gasteiger partial charge in [-0.25, -0.2) is 0 Å². The van der Waals surface area contributed by atoms with Crippen LogP contribution in [0.25, 0.3) is 0 Å². The van der Waals surface area contributed by atoms with Crippen LogP contribution in [0.3, 0.4) is 0 Å². The van der Waals surface area contributed by atoms with Crippen LogP contribution >= 0.6 is 0 Å². The summed E-state index contributed by atoms with van der Waals surface area (Å²) in [6.07, 6.45) is 1.54. The number of nitrogens with zero attached hydrogens (tertiary/aromatic N) is 1. The molecule has 0 aliphatic carbocycles. The minimum absolute atomic E-state index is 0.145. The zero-order valence-corrected chi connectivity index (χ0v) is 8.65. The van der Waals surface area contributed by atoms with Crippen molar-refractivity contribution >= 4 is 23.6 Å². The van der Waals surface area contributed by atoms with E-state index in [1.165, 1.54) is 13.0 Å². The maximum Gasteiger partial charge on any atom is 0.257 e. The molecule has 1 fully saturated rings. The van der Waals surface area contributed by atoms with E-state index in [-0.39, 0.29) is 18.7 Å². The fourth-order valence-electron chi connectivity index (χ4n) is 1.83. The molecule has 0 aromatic carbocycles. The van der Waals surface area contributed by atoms with Crippen LogP contribution < -0.4 is 5.32 Å². The topological polar surface area (TPSA) is 83.6 Å². The Kier molecular flexibility index (Phi) is 2.34. The predicted octanol–water partition coefficient (Wildman–Crippen LogP) is -0.893. The molecular weight excluding hydrogens is 212 g/mol. The Morgan fingerprint density at radius 3 is 2.50 bits per heavy atom. The number of piperidine rings is 1. The van der Waals surface area contributed by atoms with Gasteiger partial charge in [0.1, 0.15) is 6.04 Å². The van der Waals surface area contributed by atoms with E-state index >= 15 is 0 Å². The third kappa shape index (κ3) is 1.52. The van der Waals surface area contributed by atoms with E-state index in [1.807, 2.05) is 0 Å². The molecule has 2 aliphatic rings. The smallest absolute Gasteiger partial charge is 0.257 e. The van der Waals surface area contributed by atoms with E-state index in [9.17, 15) is 19.2 Å². The third-order valence-corrected chi connectivity index (χ3v) is 2.66. The molecule has 1 atom stereocenters. The molecule has 0 radical (unpaired) electrons. The summed E-state index contributed by atoms with van der Waals surface area (Å²) in [7, 11) is 0. The summed E-state index contributed by atoms with van der Waals surface area (Å²) in [5.74, 6) is -1.90. The summed E-state index contributed by atoms with van der Waals surface area (Å²) in [5, 5.41) is 2.12. The molecule has 1 unspecified atom stereocenters. The maximum absolute atomic E-state index is 11.6. The Bertz CT molecular complexity index is 438. The molecule has 0 aromatic heterocycles. The molecule has 16 heavy (non-hydrogen) atoms. The van der Waals surface area contributed by atoms with Crippen molar-refractivity contribution in [3.05, 3.63) is 11.6 Å². The van der Waals surface area contributed by atoms with Crippen LogP contribution in [0.2, 0.25) is 0 Å². The van der Waals surface area contributed by atoms with Crippen molar-refractivity contribution in [3.63, 3.8) is 0 Å². The molecule has 2 heterocycles. The minimum Gasteiger partial charge on any atom is -0.295 e. The number of hydrogen-bond acceptors (Lipinski definition) is 4. The molecule has 1 saturated heterocycles. The molecule has 6 heteroatoms. The minimum atomic E-state index is -0.855. The number of carbonyl (C=O) groups excluding carboxylic acids is 4. The second-order valence-electron chi connectivity index (χ2n) is 3.81. The first-order valence-electron chi connectivity index (χ1n) is 4.90. The summed E-state index contributed by atoms with van der Waals surface area (Å²) >= 11 is 0. The lowest BCUT2D eigenvalue weighted by Crippen LogP contribution is -2.54. The van der Waals surface area contributed by atoms with Gasteiger partial charge in [0.25, 0.3) is 11.8 Å². The predicted molar refractivity (Wildman–Crippen MR) is 51.8 cm³/mol. The van der Waals surface area contributed by atoms with Gasteiger partial charge in [-0.3, -0.25) is 29.4 Å². The molecule has 1 N–H and O–H groups in total. The van der Waals surface area contributed by atoms with Crippen molar-refractivity contribution < 1.29 is 19.2 Å². The van der Waals surface area contributed by atoms with Gasteiger partial charge in [0, 0.05) is 18.1 Å². The second-order valence-corrected chi connectivity index (χ2v) is 3.81. The number of amides is 4. The fourth-order valence-corrected chi connectivity index (χ4v) is 1.83. The van der Waals surface area contributed by atoms with Crippen molar-refractivity contribution in [1.29, 1.82) is 0 Å². The standard InChI is InChI=1S/C10H10N2O4/c1-5-4-8(14)12(10(5)16)6-2-3-7(13)11-9(6)15/h4,6H,2-3H2,1H3,(H,11,13,15). The highest BCUT2D eigenvalue weighted by atomic mass is 16.2. The van der Waals surface area contributed by atoms with E-state index in [0.29, 0.717) is 5.57 Å². The Morgan fingerprint density at radius 1 is 1.31 bits per heavy atom. The molecule has 2 aliphatic heterocycles. The van der Waals surface area contributed by atoms with Crippen LogP contribution in [0, 0.1) is 0 Å². The molecular formula is C10H10N2O4. The first-order valence-corrected chi connectivity index (χ1v) is 4.90. The highest BCUT2D eigenvalue weighted by molar-refractivity contribution is 6.18. The van der Waals surface area contributed by atoms with Gasteiger partial charge in [0.15, 0.2) is 0 Å². The Balaban J connectivity index is 2.21. The maximum atomic E-state index is 11.6. The number of carbonyl (C=O) groups is 4. The van der Waals surface area contributed by atoms with E-state index in [1.54, 1.807) is 0 Å². The van der Waals surface area contributed by atoms with Crippen molar-refractivity contribution in [2.45, 2.75) is 25.8 Å². The molecule has 0 aromatic rings. The van der Waals surface area contributed by atoms with Gasteiger partial charge in [0.05, 0.1) is 0 Å². The summed E-state index contributed by atoms with van der Waals surface area (Å²) in [6.45, 7) is 1.52. The van der Waals surface area contributed by atoms with Gasteiger partial charge in [0.2, 0.25) is 11.8 Å². The zero-order valence-electron chi connectivity index (χ0n) is 8.65. The zero-order chi connectivity index (χ0) is 11.9. The summed E-state index contributed by atoms with van der Waals surface area (Å²) in [5.41, 5.74) is 0.315. The van der Waals surface area contributed by atoms with Gasteiger partial charge in [-0.1, -0.05) is 0 Å². The molecule has 0 spiro atoms. The van der Waals surface area contributed by atoms with Crippen LogP contribution in [0.5, 0.6) is 0 Å². The summed E-state index contributed by atoms with van der Waals surface area (Å²) in [6, 6.07) is -0.855. The Hall–Kier alpha value is -1.98. The van der Waals surface area contributed by atoms with Crippen molar-refractivity contribution in [2.75, 3.05) is 0 Å². The summed E-state index contributed by atoms with van der Waals surface area (Å²) in [4.78, 5) is 46.4. The number of rotatable bonds is 1. The van der Waals surface area contributed by atoms with E-state index < -0.39 is 23.8 Å². The van der Waals surface area contributed by atoms with Gasteiger partial charge in [-0.15, -0.1) is 0 Å². The molecule has 4 amide bonds. The van der Waals surface area contributed by atoms with Gasteiger partial charge < -0.3 is 0 Å². The lowest BCUT2D eigenvalue weighted by atomic mass is 10.0. The van der Waals surface area contributed by atoms with E-state index in [4.69, 9.17) is 0 Å². The van der Waals surface area contributed by atoms with Crippen molar-refractivity contribution in [2.24, 2.45) is 0 Å². The number of nitrogens with one attached hydrogen (secondary N) is 1. The van der Waals surface area contributed by atoms with Gasteiger partial charge in [-0.2, -0.15) is 0 Å². The lowest BCUT2D eigenvalue weighted by Gasteiger charge is -2.28. The van der Waals surface area contributed by atoms with Gasteiger partial charge in [-0.05, 0) is 13.3 Å². The molecule has 2 rings (SSSR count). The van der Waals surface area contributed by atoms with Crippen LogP contribution in [0.4, 0.5) is 0 Å². The quantitative estimate of drug-likeness (QED) is 0.583. The Morgan fingerprint density at radius 2 is 2.00 bits per heavy atom. The van der Waals surface area contributed by atoms with E-state index in [2.05, 4.69) is 5.32 Å². The normalized spacial score (nSPS) is 25.9. The lowest BCUT2D eigenvalue weighted by molar-refractivity contribution is -0.149. The molecule has 0 bridgehead atoms. The molecule has 6 nitrogen and oxygen atoms in total. The highest BCUT2D eigenvalue weighted by Gasteiger charge is 2.40. The fraction of sp³-hybridized carbons (Fsp3) is 0.400. The first-order chi connectivity index (χ1) is 7.50. The highest BCUT2D eigenvalue weighted by Crippen LogP contribution is 2.20. The van der Waals surface area contributed by atoms with Crippen molar-refractivity contribution in [3.8, 4) is 0 Å². The van der Waals surface area contributed by atoms with Crippen LogP contribution in [0.15, 0.2) is 11.6 Å². The molecule has 84 valence electrons. The van der Waals surface area contributed by atoms with E-state index in [0.717, 1.165) is 4.90 Å². The number of hydrogen-bond donors (Lipinski definition) is 1. The average molecular weight is 222 g/mol. The molecule has 0 saturated carbocycles. The van der Waals surface area contributed by atoms with Crippen LogP contribution in [0.1, 0.15) is 19.8 Å². The van der Waals surface area contributed by atoms with Crippen LogP contribution in [-0.2, 0) is 19.2 Å². The first kappa shape index (κ1) is 10.5. The van der Waals surface area contributed by atoms with Crippen LogP contribution in [-0.4, -0.2) is 34.6 Å². The largest absolute Gasteiger partial charge is 0.295 e. The van der Waals surface area contributed by atoms with Crippen molar-refractivity contribution in [1.82, 2.24) is 10.2 Å². The monoisotopic (exact) mass is 222 g/mol.